The number of anilines is 1. The lowest BCUT2D eigenvalue weighted by Gasteiger charge is -2.26. The first-order valence-corrected chi connectivity index (χ1v) is 9.11. The monoisotopic (exact) mass is 345 g/mol. The fourth-order valence-corrected chi connectivity index (χ4v) is 4.17. The van der Waals surface area contributed by atoms with Gasteiger partial charge in [-0.1, -0.05) is 18.2 Å². The van der Waals surface area contributed by atoms with Crippen LogP contribution in [0.1, 0.15) is 16.7 Å². The van der Waals surface area contributed by atoms with Crippen molar-refractivity contribution in [3.8, 4) is 5.75 Å². The van der Waals surface area contributed by atoms with Gasteiger partial charge in [-0.05, 0) is 61.7 Å². The SMILES string of the molecule is C=CCN(c1cccc(C)c1C)S(=O)(=O)c1ccc(OC)c(C)c1. The van der Waals surface area contributed by atoms with E-state index >= 15 is 0 Å². The largest absolute Gasteiger partial charge is 0.496 e. The first-order valence-electron chi connectivity index (χ1n) is 7.67. The molecule has 0 radical (unpaired) electrons. The Bertz CT molecular complexity index is 857. The molecule has 0 heterocycles. The molecule has 0 spiro atoms. The second-order valence-electron chi connectivity index (χ2n) is 5.68. The molecule has 2 aromatic carbocycles. The first kappa shape index (κ1) is 18.1. The Balaban J connectivity index is 2.59. The lowest BCUT2D eigenvalue weighted by molar-refractivity contribution is 0.411. The number of benzene rings is 2. The van der Waals surface area contributed by atoms with Gasteiger partial charge in [0.15, 0.2) is 0 Å². The van der Waals surface area contributed by atoms with E-state index in [0.29, 0.717) is 11.4 Å². The Hall–Kier alpha value is -2.27. The summed E-state index contributed by atoms with van der Waals surface area (Å²) in [6.07, 6.45) is 1.59. The highest BCUT2D eigenvalue weighted by molar-refractivity contribution is 7.92. The van der Waals surface area contributed by atoms with E-state index in [4.69, 9.17) is 4.74 Å². The average molecular weight is 345 g/mol. The highest BCUT2D eigenvalue weighted by Gasteiger charge is 2.26. The fraction of sp³-hybridized carbons (Fsp3) is 0.263. The summed E-state index contributed by atoms with van der Waals surface area (Å²) in [5, 5.41) is 0. The van der Waals surface area contributed by atoms with E-state index in [1.165, 1.54) is 4.31 Å². The van der Waals surface area contributed by atoms with E-state index in [9.17, 15) is 8.42 Å². The minimum Gasteiger partial charge on any atom is -0.496 e. The van der Waals surface area contributed by atoms with Crippen molar-refractivity contribution in [2.75, 3.05) is 18.0 Å². The third-order valence-corrected chi connectivity index (χ3v) is 5.87. The summed E-state index contributed by atoms with van der Waals surface area (Å²) in [5.74, 6) is 0.663. The van der Waals surface area contributed by atoms with Crippen molar-refractivity contribution >= 4 is 15.7 Å². The van der Waals surface area contributed by atoms with Gasteiger partial charge in [-0.3, -0.25) is 4.31 Å². The van der Waals surface area contributed by atoms with Gasteiger partial charge < -0.3 is 4.74 Å². The molecule has 0 saturated heterocycles. The summed E-state index contributed by atoms with van der Waals surface area (Å²) >= 11 is 0. The van der Waals surface area contributed by atoms with Gasteiger partial charge in [-0.2, -0.15) is 0 Å². The minimum atomic E-state index is -3.70. The van der Waals surface area contributed by atoms with Crippen LogP contribution in [0.5, 0.6) is 5.75 Å². The Morgan fingerprint density at radius 3 is 2.42 bits per heavy atom. The highest BCUT2D eigenvalue weighted by Crippen LogP contribution is 2.30. The van der Waals surface area contributed by atoms with E-state index in [1.807, 2.05) is 39.0 Å². The smallest absolute Gasteiger partial charge is 0.264 e. The molecule has 0 fully saturated rings. The second-order valence-corrected chi connectivity index (χ2v) is 7.54. The van der Waals surface area contributed by atoms with Gasteiger partial charge in [0, 0.05) is 0 Å². The third kappa shape index (κ3) is 3.31. The molecule has 24 heavy (non-hydrogen) atoms. The van der Waals surface area contributed by atoms with Crippen LogP contribution in [0.3, 0.4) is 0 Å². The molecule has 0 amide bonds. The molecule has 0 saturated carbocycles. The van der Waals surface area contributed by atoms with E-state index in [0.717, 1.165) is 16.7 Å². The van der Waals surface area contributed by atoms with Crippen molar-refractivity contribution in [1.29, 1.82) is 0 Å². The van der Waals surface area contributed by atoms with Crippen LogP contribution >= 0.6 is 0 Å². The summed E-state index contributed by atoms with van der Waals surface area (Å²) < 4.78 is 33.0. The first-order chi connectivity index (χ1) is 11.3. The zero-order valence-corrected chi connectivity index (χ0v) is 15.4. The number of hydrogen-bond acceptors (Lipinski definition) is 3. The molecule has 0 aliphatic rings. The molecule has 0 aliphatic carbocycles. The van der Waals surface area contributed by atoms with Crippen LogP contribution < -0.4 is 9.04 Å². The summed E-state index contributed by atoms with van der Waals surface area (Å²) in [6, 6.07) is 10.5. The molecule has 0 N–H and O–H groups in total. The molecule has 2 aromatic rings. The molecule has 5 heteroatoms. The van der Waals surface area contributed by atoms with Gasteiger partial charge in [0.25, 0.3) is 10.0 Å². The summed E-state index contributed by atoms with van der Waals surface area (Å²) in [7, 11) is -2.13. The summed E-state index contributed by atoms with van der Waals surface area (Å²) in [4.78, 5) is 0.239. The standard InChI is InChI=1S/C19H23NO3S/c1-6-12-20(18-9-7-8-14(2)16(18)4)24(21,22)17-10-11-19(23-5)15(3)13-17/h6-11,13H,1,12H2,2-5H3. The van der Waals surface area contributed by atoms with Gasteiger partial charge in [0.05, 0.1) is 24.2 Å². The maximum atomic E-state index is 13.2. The summed E-state index contributed by atoms with van der Waals surface area (Å²) in [6.45, 7) is 9.63. The molecule has 0 unspecified atom stereocenters. The van der Waals surface area contributed by atoms with Gasteiger partial charge in [-0.15, -0.1) is 6.58 Å². The van der Waals surface area contributed by atoms with Crippen molar-refractivity contribution < 1.29 is 13.2 Å². The zero-order valence-electron chi connectivity index (χ0n) is 14.5. The van der Waals surface area contributed by atoms with Crippen LogP contribution in [0.15, 0.2) is 53.9 Å². The van der Waals surface area contributed by atoms with Crippen LogP contribution in [-0.2, 0) is 10.0 Å². The molecule has 0 bridgehead atoms. The molecule has 4 nitrogen and oxygen atoms in total. The maximum Gasteiger partial charge on any atom is 0.264 e. The Labute approximate surface area is 144 Å². The fourth-order valence-electron chi connectivity index (χ4n) is 2.59. The van der Waals surface area contributed by atoms with Crippen molar-refractivity contribution in [1.82, 2.24) is 0 Å². The van der Waals surface area contributed by atoms with Gasteiger partial charge in [0.2, 0.25) is 0 Å². The topological polar surface area (TPSA) is 46.6 Å². The molecular formula is C19H23NO3S. The number of nitrogens with zero attached hydrogens (tertiary/aromatic N) is 1. The number of methoxy groups -OCH3 is 1. The van der Waals surface area contributed by atoms with Crippen LogP contribution in [0, 0.1) is 20.8 Å². The van der Waals surface area contributed by atoms with Gasteiger partial charge in [-0.25, -0.2) is 8.42 Å². The molecule has 0 aromatic heterocycles. The average Bonchev–Trinajstić information content (AvgIpc) is 2.55. The van der Waals surface area contributed by atoms with E-state index in [-0.39, 0.29) is 11.4 Å². The Kier molecular flexibility index (Phi) is 5.34. The second kappa shape index (κ2) is 7.09. The summed E-state index contributed by atoms with van der Waals surface area (Å²) in [5.41, 5.74) is 3.43. The lowest BCUT2D eigenvalue weighted by atomic mass is 10.1. The molecule has 0 atom stereocenters. The number of sulfonamides is 1. The number of ether oxygens (including phenoxy) is 1. The van der Waals surface area contributed by atoms with E-state index < -0.39 is 10.0 Å². The Morgan fingerprint density at radius 2 is 1.83 bits per heavy atom. The molecule has 128 valence electrons. The number of aryl methyl sites for hydroxylation is 2. The molecule has 0 aliphatic heterocycles. The van der Waals surface area contributed by atoms with E-state index in [2.05, 4.69) is 6.58 Å². The molecular weight excluding hydrogens is 322 g/mol. The minimum absolute atomic E-state index is 0.206. The van der Waals surface area contributed by atoms with Crippen LogP contribution in [0.2, 0.25) is 0 Å². The lowest BCUT2D eigenvalue weighted by Crippen LogP contribution is -2.32. The van der Waals surface area contributed by atoms with Crippen molar-refractivity contribution in [2.24, 2.45) is 0 Å². The van der Waals surface area contributed by atoms with Crippen molar-refractivity contribution in [3.63, 3.8) is 0 Å². The normalized spacial score (nSPS) is 11.2. The van der Waals surface area contributed by atoms with Gasteiger partial charge >= 0.3 is 0 Å². The van der Waals surface area contributed by atoms with Crippen molar-refractivity contribution in [2.45, 2.75) is 25.7 Å². The van der Waals surface area contributed by atoms with E-state index in [1.54, 1.807) is 31.4 Å². The number of hydrogen-bond donors (Lipinski definition) is 0. The highest BCUT2D eigenvalue weighted by atomic mass is 32.2. The predicted octanol–water partition coefficient (Wildman–Crippen LogP) is 4.00. The predicted molar refractivity (Wildman–Crippen MR) is 98.4 cm³/mol. The quantitative estimate of drug-likeness (QED) is 0.744. The van der Waals surface area contributed by atoms with Gasteiger partial charge in [0.1, 0.15) is 5.75 Å². The van der Waals surface area contributed by atoms with Crippen LogP contribution in [0.4, 0.5) is 5.69 Å². The third-order valence-electron chi connectivity index (χ3n) is 4.09. The van der Waals surface area contributed by atoms with Crippen LogP contribution in [0.25, 0.3) is 0 Å². The van der Waals surface area contributed by atoms with Crippen molar-refractivity contribution in [3.05, 3.63) is 65.7 Å². The zero-order chi connectivity index (χ0) is 17.9. The van der Waals surface area contributed by atoms with Crippen LogP contribution in [-0.4, -0.2) is 22.1 Å². The Morgan fingerprint density at radius 1 is 1.12 bits per heavy atom. The maximum absolute atomic E-state index is 13.2. The molecule has 2 rings (SSSR count). The number of rotatable bonds is 6.